The van der Waals surface area contributed by atoms with E-state index in [-0.39, 0.29) is 12.3 Å². The summed E-state index contributed by atoms with van der Waals surface area (Å²) in [5.41, 5.74) is 2.33. The molecule has 0 aromatic heterocycles. The minimum atomic E-state index is 0.201. The number of rotatable bonds is 1. The van der Waals surface area contributed by atoms with Gasteiger partial charge in [-0.05, 0) is 31.1 Å². The van der Waals surface area contributed by atoms with Crippen LogP contribution in [-0.2, 0) is 4.74 Å². The van der Waals surface area contributed by atoms with Gasteiger partial charge in [-0.2, -0.15) is 0 Å². The van der Waals surface area contributed by atoms with E-state index in [0.717, 1.165) is 12.8 Å². The third-order valence-corrected chi connectivity index (χ3v) is 2.89. The van der Waals surface area contributed by atoms with Crippen LogP contribution in [0.4, 0.5) is 11.4 Å². The van der Waals surface area contributed by atoms with Crippen molar-refractivity contribution >= 4 is 11.4 Å². The van der Waals surface area contributed by atoms with E-state index in [9.17, 15) is 0 Å². The molecule has 0 fully saturated rings. The first-order chi connectivity index (χ1) is 7.43. The smallest absolute Gasteiger partial charge is 0.136 e. The van der Waals surface area contributed by atoms with E-state index in [4.69, 9.17) is 4.74 Å². The Morgan fingerprint density at radius 1 is 1.13 bits per heavy atom. The van der Waals surface area contributed by atoms with Gasteiger partial charge in [-0.25, -0.2) is 0 Å². The summed E-state index contributed by atoms with van der Waals surface area (Å²) in [7, 11) is 0. The molecule has 15 heavy (non-hydrogen) atoms. The van der Waals surface area contributed by atoms with Gasteiger partial charge in [0.1, 0.15) is 12.3 Å². The van der Waals surface area contributed by atoms with Gasteiger partial charge < -0.3 is 15.4 Å². The summed E-state index contributed by atoms with van der Waals surface area (Å²) in [6.45, 7) is 0. The van der Waals surface area contributed by atoms with Crippen LogP contribution in [0.3, 0.4) is 0 Å². The fourth-order valence-electron chi connectivity index (χ4n) is 2.09. The van der Waals surface area contributed by atoms with Crippen LogP contribution in [0.5, 0.6) is 0 Å². The van der Waals surface area contributed by atoms with Crippen LogP contribution >= 0.6 is 0 Å². The predicted molar refractivity (Wildman–Crippen MR) is 60.7 cm³/mol. The van der Waals surface area contributed by atoms with Crippen molar-refractivity contribution in [3.8, 4) is 0 Å². The second-order valence-electron chi connectivity index (χ2n) is 3.94. The van der Waals surface area contributed by atoms with Crippen molar-refractivity contribution in [3.05, 3.63) is 36.6 Å². The first-order valence-corrected chi connectivity index (χ1v) is 5.36. The molecule has 0 radical (unpaired) electrons. The maximum absolute atomic E-state index is 5.59. The number of allylic oxidation sites excluding steroid dienone is 1. The van der Waals surface area contributed by atoms with Crippen molar-refractivity contribution in [2.24, 2.45) is 0 Å². The van der Waals surface area contributed by atoms with Crippen LogP contribution in [0, 0.1) is 0 Å². The summed E-state index contributed by atoms with van der Waals surface area (Å²) in [5, 5.41) is 6.87. The van der Waals surface area contributed by atoms with Crippen LogP contribution in [-0.4, -0.2) is 12.3 Å². The summed E-state index contributed by atoms with van der Waals surface area (Å²) in [6, 6.07) is 8.25. The molecule has 0 amide bonds. The normalized spacial score (nSPS) is 23.9. The van der Waals surface area contributed by atoms with Crippen LogP contribution in [0.2, 0.25) is 0 Å². The lowest BCUT2D eigenvalue weighted by molar-refractivity contribution is 0.114. The average molecular weight is 202 g/mol. The first-order valence-electron chi connectivity index (χ1n) is 5.36. The third kappa shape index (κ3) is 1.54. The van der Waals surface area contributed by atoms with Gasteiger partial charge in [0, 0.05) is 0 Å². The topological polar surface area (TPSA) is 33.3 Å². The van der Waals surface area contributed by atoms with Crippen LogP contribution in [0.25, 0.3) is 0 Å². The molecule has 0 spiro atoms. The van der Waals surface area contributed by atoms with E-state index in [1.165, 1.54) is 11.4 Å². The zero-order valence-corrected chi connectivity index (χ0v) is 8.44. The number of ether oxygens (including phenoxy) is 1. The van der Waals surface area contributed by atoms with Crippen molar-refractivity contribution in [1.82, 2.24) is 0 Å². The van der Waals surface area contributed by atoms with Crippen LogP contribution < -0.4 is 10.6 Å². The van der Waals surface area contributed by atoms with Gasteiger partial charge in [-0.15, -0.1) is 0 Å². The molecule has 3 nitrogen and oxygen atoms in total. The van der Waals surface area contributed by atoms with Crippen molar-refractivity contribution in [2.45, 2.75) is 25.1 Å². The average Bonchev–Trinajstić information content (AvgIpc) is 2.74. The molecule has 2 heterocycles. The van der Waals surface area contributed by atoms with E-state index in [1.807, 2.05) is 12.1 Å². The lowest BCUT2D eigenvalue weighted by Gasteiger charge is -2.25. The number of nitrogens with one attached hydrogen (secondary N) is 2. The molecule has 0 saturated heterocycles. The lowest BCUT2D eigenvalue weighted by Crippen LogP contribution is -2.38. The highest BCUT2D eigenvalue weighted by Crippen LogP contribution is 2.31. The van der Waals surface area contributed by atoms with Gasteiger partial charge in [0.25, 0.3) is 0 Å². The molecule has 1 aromatic carbocycles. The molecule has 1 atom stereocenters. The Morgan fingerprint density at radius 3 is 2.47 bits per heavy atom. The maximum atomic E-state index is 5.59. The Kier molecular flexibility index (Phi) is 2.02. The minimum absolute atomic E-state index is 0.201. The second-order valence-corrected chi connectivity index (χ2v) is 3.94. The Morgan fingerprint density at radius 2 is 1.87 bits per heavy atom. The van der Waals surface area contributed by atoms with E-state index in [0.29, 0.717) is 0 Å². The zero-order chi connectivity index (χ0) is 10.1. The molecule has 3 rings (SSSR count). The molecule has 3 heteroatoms. The van der Waals surface area contributed by atoms with Gasteiger partial charge in [-0.3, -0.25) is 0 Å². The Balaban J connectivity index is 1.75. The number of hydrogen-bond donors (Lipinski definition) is 2. The van der Waals surface area contributed by atoms with Crippen molar-refractivity contribution in [2.75, 3.05) is 10.6 Å². The third-order valence-electron chi connectivity index (χ3n) is 2.89. The van der Waals surface area contributed by atoms with Gasteiger partial charge in [-0.1, -0.05) is 12.1 Å². The summed E-state index contributed by atoms with van der Waals surface area (Å²) in [5.74, 6) is 0. The summed E-state index contributed by atoms with van der Waals surface area (Å²) in [6.07, 6.45) is 6.46. The Labute approximate surface area is 89.1 Å². The summed E-state index contributed by atoms with van der Waals surface area (Å²) >= 11 is 0. The van der Waals surface area contributed by atoms with Gasteiger partial charge in [0.15, 0.2) is 0 Å². The highest BCUT2D eigenvalue weighted by atomic mass is 16.5. The predicted octanol–water partition coefficient (Wildman–Crippen LogP) is 2.54. The summed E-state index contributed by atoms with van der Waals surface area (Å²) in [4.78, 5) is 0. The molecule has 1 aromatic rings. The quantitative estimate of drug-likeness (QED) is 0.734. The highest BCUT2D eigenvalue weighted by Gasteiger charge is 2.28. The van der Waals surface area contributed by atoms with Crippen molar-refractivity contribution in [1.29, 1.82) is 0 Å². The fraction of sp³-hybridized carbons (Fsp3) is 0.333. The molecule has 2 aliphatic heterocycles. The zero-order valence-electron chi connectivity index (χ0n) is 8.44. The summed E-state index contributed by atoms with van der Waals surface area (Å²) < 4.78 is 5.59. The number of benzene rings is 1. The molecule has 0 aliphatic carbocycles. The minimum Gasteiger partial charge on any atom is -0.494 e. The van der Waals surface area contributed by atoms with Gasteiger partial charge in [0.05, 0.1) is 17.6 Å². The van der Waals surface area contributed by atoms with E-state index < -0.39 is 0 Å². The molecular formula is C12H14N2O. The molecule has 0 bridgehead atoms. The molecule has 0 saturated carbocycles. The molecule has 2 aliphatic rings. The second kappa shape index (κ2) is 3.50. The largest absolute Gasteiger partial charge is 0.494 e. The monoisotopic (exact) mass is 202 g/mol. The SMILES string of the molecule is C1=CO[C@@H](C2Nc3ccccc3N2)CC1. The highest BCUT2D eigenvalue weighted by molar-refractivity contribution is 5.74. The number of anilines is 2. The molecular weight excluding hydrogens is 188 g/mol. The number of fused-ring (bicyclic) bond motifs is 1. The number of hydrogen-bond acceptors (Lipinski definition) is 3. The van der Waals surface area contributed by atoms with E-state index in [1.54, 1.807) is 6.26 Å². The first kappa shape index (κ1) is 8.65. The Hall–Kier alpha value is -1.64. The molecule has 78 valence electrons. The van der Waals surface area contributed by atoms with E-state index >= 15 is 0 Å². The maximum Gasteiger partial charge on any atom is 0.136 e. The van der Waals surface area contributed by atoms with Crippen molar-refractivity contribution < 1.29 is 4.74 Å². The molecule has 0 unspecified atom stereocenters. The standard InChI is InChI=1S/C12H14N2O/c1-2-6-10-9(5-1)13-12(14-10)11-7-3-4-8-15-11/h1-2,4-6,8,11-14H,3,7H2/t11-/m1/s1. The van der Waals surface area contributed by atoms with Gasteiger partial charge >= 0.3 is 0 Å². The van der Waals surface area contributed by atoms with Crippen LogP contribution in [0.15, 0.2) is 36.6 Å². The lowest BCUT2D eigenvalue weighted by atomic mass is 10.1. The number of para-hydroxylation sites is 2. The van der Waals surface area contributed by atoms with Crippen molar-refractivity contribution in [3.63, 3.8) is 0 Å². The van der Waals surface area contributed by atoms with Crippen LogP contribution in [0.1, 0.15) is 12.8 Å². The molecule has 2 N–H and O–H groups in total. The fourth-order valence-corrected chi connectivity index (χ4v) is 2.09. The van der Waals surface area contributed by atoms with Gasteiger partial charge in [0.2, 0.25) is 0 Å². The van der Waals surface area contributed by atoms with E-state index in [2.05, 4.69) is 28.8 Å². The Bertz CT molecular complexity index is 364.